The van der Waals surface area contributed by atoms with Crippen LogP contribution in [0.1, 0.15) is 24.4 Å². The molecular formula is C10H11F2N3O. The molecule has 6 heteroatoms. The van der Waals surface area contributed by atoms with Crippen molar-refractivity contribution in [2.24, 2.45) is 5.11 Å². The van der Waals surface area contributed by atoms with Gasteiger partial charge in [0.1, 0.15) is 11.6 Å². The normalized spacial score (nSPS) is 11.9. The summed E-state index contributed by atoms with van der Waals surface area (Å²) < 4.78 is 26.3. The van der Waals surface area contributed by atoms with Gasteiger partial charge in [-0.15, -0.1) is 0 Å². The summed E-state index contributed by atoms with van der Waals surface area (Å²) in [5.41, 5.74) is 8.36. The lowest BCUT2D eigenvalue weighted by molar-refractivity contribution is 0.279. The molecule has 0 aliphatic heterocycles. The molecule has 0 heterocycles. The molecule has 0 radical (unpaired) electrons. The Labute approximate surface area is 91.2 Å². The molecule has 0 aliphatic rings. The van der Waals surface area contributed by atoms with Crippen molar-refractivity contribution in [1.82, 2.24) is 0 Å². The Morgan fingerprint density at radius 2 is 2.19 bits per heavy atom. The first-order valence-electron chi connectivity index (χ1n) is 4.79. The monoisotopic (exact) mass is 227 g/mol. The number of aliphatic hydroxyl groups excluding tert-OH is 1. The number of nitrogens with zero attached hydrogens (tertiary/aromatic N) is 3. The molecule has 0 amide bonds. The minimum atomic E-state index is -0.784. The van der Waals surface area contributed by atoms with Crippen LogP contribution in [0.25, 0.3) is 10.4 Å². The number of hydrogen-bond acceptors (Lipinski definition) is 2. The van der Waals surface area contributed by atoms with Gasteiger partial charge in [0, 0.05) is 11.5 Å². The van der Waals surface area contributed by atoms with E-state index in [1.165, 1.54) is 0 Å². The highest BCUT2D eigenvalue weighted by molar-refractivity contribution is 5.22. The predicted octanol–water partition coefficient (Wildman–Crippen LogP) is 3.09. The van der Waals surface area contributed by atoms with Crippen LogP contribution in [0.3, 0.4) is 0 Å². The molecule has 1 atom stereocenters. The molecule has 1 rings (SSSR count). The van der Waals surface area contributed by atoms with Crippen LogP contribution in [-0.4, -0.2) is 11.7 Å². The fraction of sp³-hybridized carbons (Fsp3) is 0.400. The molecule has 0 saturated heterocycles. The van der Waals surface area contributed by atoms with Crippen LogP contribution in [-0.2, 0) is 0 Å². The fourth-order valence-corrected chi connectivity index (χ4v) is 1.39. The Morgan fingerprint density at radius 1 is 1.44 bits per heavy atom. The fourth-order valence-electron chi connectivity index (χ4n) is 1.39. The molecule has 0 bridgehead atoms. The maximum absolute atomic E-state index is 13.4. The third-order valence-electron chi connectivity index (χ3n) is 2.14. The van der Waals surface area contributed by atoms with Crippen LogP contribution in [0.15, 0.2) is 23.3 Å². The van der Waals surface area contributed by atoms with Crippen molar-refractivity contribution < 1.29 is 13.9 Å². The first kappa shape index (κ1) is 12.4. The second-order valence-corrected chi connectivity index (χ2v) is 3.25. The van der Waals surface area contributed by atoms with Crippen LogP contribution in [0.5, 0.6) is 0 Å². The largest absolute Gasteiger partial charge is 0.396 e. The van der Waals surface area contributed by atoms with E-state index < -0.39 is 17.7 Å². The zero-order chi connectivity index (χ0) is 12.0. The van der Waals surface area contributed by atoms with Crippen molar-refractivity contribution in [3.05, 3.63) is 45.8 Å². The van der Waals surface area contributed by atoms with E-state index in [4.69, 9.17) is 10.6 Å². The zero-order valence-corrected chi connectivity index (χ0v) is 8.48. The average Bonchev–Trinajstić information content (AvgIpc) is 2.28. The Bertz CT molecular complexity index is 405. The smallest absolute Gasteiger partial charge is 0.127 e. The first-order valence-corrected chi connectivity index (χ1v) is 4.79. The van der Waals surface area contributed by atoms with Gasteiger partial charge in [-0.05, 0) is 42.1 Å². The molecule has 0 saturated carbocycles. The van der Waals surface area contributed by atoms with Crippen molar-refractivity contribution in [1.29, 1.82) is 0 Å². The number of hydrogen-bond donors (Lipinski definition) is 1. The Kier molecular flexibility index (Phi) is 4.69. The minimum Gasteiger partial charge on any atom is -0.396 e. The highest BCUT2D eigenvalue weighted by Gasteiger charge is 2.14. The van der Waals surface area contributed by atoms with Gasteiger partial charge in [0.05, 0.1) is 6.04 Å². The van der Waals surface area contributed by atoms with E-state index in [1.807, 2.05) is 0 Å². The van der Waals surface area contributed by atoms with E-state index in [0.29, 0.717) is 6.42 Å². The summed E-state index contributed by atoms with van der Waals surface area (Å²) in [5.74, 6) is -1.20. The SMILES string of the molecule is [N-]=[N+]=NC(CCCO)c1cc(F)ccc1F. The van der Waals surface area contributed by atoms with Gasteiger partial charge < -0.3 is 5.11 Å². The van der Waals surface area contributed by atoms with Crippen molar-refractivity contribution in [2.75, 3.05) is 6.61 Å². The molecule has 1 aromatic carbocycles. The van der Waals surface area contributed by atoms with E-state index in [2.05, 4.69) is 10.0 Å². The van der Waals surface area contributed by atoms with Gasteiger partial charge >= 0.3 is 0 Å². The molecule has 1 N–H and O–H groups in total. The molecule has 1 unspecified atom stereocenters. The topological polar surface area (TPSA) is 69.0 Å². The average molecular weight is 227 g/mol. The zero-order valence-electron chi connectivity index (χ0n) is 8.48. The standard InChI is InChI=1S/C10H11F2N3O/c11-7-3-4-9(12)8(6-7)10(14-15-13)2-1-5-16/h3-4,6,10,16H,1-2,5H2. The summed E-state index contributed by atoms with van der Waals surface area (Å²) in [5, 5.41) is 12.0. The highest BCUT2D eigenvalue weighted by Crippen LogP contribution is 2.26. The van der Waals surface area contributed by atoms with Gasteiger partial charge in [-0.25, -0.2) is 8.78 Å². The molecular weight excluding hydrogens is 216 g/mol. The Morgan fingerprint density at radius 3 is 2.81 bits per heavy atom. The summed E-state index contributed by atoms with van der Waals surface area (Å²) in [6.45, 7) is -0.0889. The van der Waals surface area contributed by atoms with Crippen LogP contribution in [0.2, 0.25) is 0 Å². The lowest BCUT2D eigenvalue weighted by Gasteiger charge is -2.11. The quantitative estimate of drug-likeness (QED) is 0.468. The van der Waals surface area contributed by atoms with Gasteiger partial charge in [-0.3, -0.25) is 0 Å². The van der Waals surface area contributed by atoms with Crippen molar-refractivity contribution in [3.63, 3.8) is 0 Å². The number of azide groups is 1. The number of halogens is 2. The van der Waals surface area contributed by atoms with Crippen LogP contribution in [0, 0.1) is 11.6 Å². The van der Waals surface area contributed by atoms with E-state index in [0.717, 1.165) is 18.2 Å². The summed E-state index contributed by atoms with van der Waals surface area (Å²) in [4.78, 5) is 2.59. The van der Waals surface area contributed by atoms with Gasteiger partial charge in [0.25, 0.3) is 0 Å². The van der Waals surface area contributed by atoms with Gasteiger partial charge in [-0.1, -0.05) is 5.11 Å². The van der Waals surface area contributed by atoms with Crippen LogP contribution in [0.4, 0.5) is 8.78 Å². The van der Waals surface area contributed by atoms with Gasteiger partial charge in [-0.2, -0.15) is 0 Å². The summed E-state index contributed by atoms with van der Waals surface area (Å²) in [6.07, 6.45) is 0.639. The second-order valence-electron chi connectivity index (χ2n) is 3.25. The molecule has 0 fully saturated rings. The molecule has 86 valence electrons. The predicted molar refractivity (Wildman–Crippen MR) is 54.6 cm³/mol. The van der Waals surface area contributed by atoms with Gasteiger partial charge in [0.15, 0.2) is 0 Å². The summed E-state index contributed by atoms with van der Waals surface area (Å²) >= 11 is 0. The highest BCUT2D eigenvalue weighted by atomic mass is 19.1. The molecule has 4 nitrogen and oxygen atoms in total. The first-order chi connectivity index (χ1) is 7.69. The third-order valence-corrected chi connectivity index (χ3v) is 2.14. The maximum Gasteiger partial charge on any atom is 0.127 e. The van der Waals surface area contributed by atoms with Crippen molar-refractivity contribution >= 4 is 0 Å². The molecule has 0 spiro atoms. The number of benzene rings is 1. The van der Waals surface area contributed by atoms with Crippen molar-refractivity contribution in [2.45, 2.75) is 18.9 Å². The van der Waals surface area contributed by atoms with E-state index in [-0.39, 0.29) is 18.6 Å². The molecule has 16 heavy (non-hydrogen) atoms. The lowest BCUT2D eigenvalue weighted by atomic mass is 10.0. The van der Waals surface area contributed by atoms with Crippen molar-refractivity contribution in [3.8, 4) is 0 Å². The van der Waals surface area contributed by atoms with Crippen LogP contribution >= 0.6 is 0 Å². The van der Waals surface area contributed by atoms with Crippen LogP contribution < -0.4 is 0 Å². The molecule has 0 aliphatic carbocycles. The van der Waals surface area contributed by atoms with Gasteiger partial charge in [0.2, 0.25) is 0 Å². The number of aliphatic hydroxyl groups is 1. The van der Waals surface area contributed by atoms with E-state index in [1.54, 1.807) is 0 Å². The summed E-state index contributed by atoms with van der Waals surface area (Å²) in [7, 11) is 0. The number of rotatable bonds is 5. The van der Waals surface area contributed by atoms with E-state index >= 15 is 0 Å². The Balaban J connectivity index is 2.99. The molecule has 0 aromatic heterocycles. The molecule has 1 aromatic rings. The second kappa shape index (κ2) is 6.05. The maximum atomic E-state index is 13.4. The third kappa shape index (κ3) is 3.18. The minimum absolute atomic E-state index is 0.0197. The lowest BCUT2D eigenvalue weighted by Crippen LogP contribution is -2.00. The summed E-state index contributed by atoms with van der Waals surface area (Å²) in [6, 6.07) is 2.21. The Hall–Kier alpha value is -1.65. The van der Waals surface area contributed by atoms with E-state index in [9.17, 15) is 8.78 Å².